The third kappa shape index (κ3) is 3.15. The van der Waals surface area contributed by atoms with Crippen LogP contribution in [0, 0.1) is 0 Å². The molecule has 114 valence electrons. The second-order valence-electron chi connectivity index (χ2n) is 5.55. The van der Waals surface area contributed by atoms with Crippen molar-refractivity contribution in [1.82, 2.24) is 9.47 Å². The lowest BCUT2D eigenvalue weighted by molar-refractivity contribution is -0.140. The number of likely N-dealkylation sites (tertiary alicyclic amines) is 1. The van der Waals surface area contributed by atoms with Crippen molar-refractivity contribution in [3.8, 4) is 0 Å². The Balaban J connectivity index is 2.16. The summed E-state index contributed by atoms with van der Waals surface area (Å²) in [5.41, 5.74) is 0.611. The summed E-state index contributed by atoms with van der Waals surface area (Å²) >= 11 is 0. The molecule has 1 saturated heterocycles. The Labute approximate surface area is 123 Å². The number of carbonyl (C=O) groups excluding carboxylic acids is 2. The Hall–Kier alpha value is -2.11. The van der Waals surface area contributed by atoms with Crippen molar-refractivity contribution in [3.05, 3.63) is 28.7 Å². The molecule has 1 fully saturated rings. The lowest BCUT2D eigenvalue weighted by Crippen LogP contribution is -2.39. The molecule has 1 atom stereocenters. The molecule has 6 heteroatoms. The van der Waals surface area contributed by atoms with Gasteiger partial charge in [-0.1, -0.05) is 6.92 Å². The minimum absolute atomic E-state index is 0.0694. The van der Waals surface area contributed by atoms with Gasteiger partial charge in [0.05, 0.1) is 12.1 Å². The number of aromatic nitrogens is 1. The summed E-state index contributed by atoms with van der Waals surface area (Å²) in [6.07, 6.45) is 2.71. The van der Waals surface area contributed by atoms with E-state index in [0.717, 1.165) is 6.42 Å². The van der Waals surface area contributed by atoms with Crippen LogP contribution in [-0.2, 0) is 16.1 Å². The first kappa shape index (κ1) is 15.3. The van der Waals surface area contributed by atoms with Crippen LogP contribution in [-0.4, -0.2) is 33.4 Å². The summed E-state index contributed by atoms with van der Waals surface area (Å²) in [4.78, 5) is 37.0. The van der Waals surface area contributed by atoms with Crippen LogP contribution in [0.3, 0.4) is 0 Å². The molecule has 6 nitrogen and oxygen atoms in total. The van der Waals surface area contributed by atoms with E-state index in [0.29, 0.717) is 12.2 Å². The molecule has 1 aliphatic heterocycles. The van der Waals surface area contributed by atoms with Crippen molar-refractivity contribution in [2.75, 3.05) is 5.32 Å². The van der Waals surface area contributed by atoms with Crippen molar-refractivity contribution in [3.63, 3.8) is 0 Å². The number of carbonyl (C=O) groups is 2. The molecular weight excluding hydrogens is 270 g/mol. The van der Waals surface area contributed by atoms with Gasteiger partial charge in [0.2, 0.25) is 5.91 Å². The molecule has 21 heavy (non-hydrogen) atoms. The second-order valence-corrected chi connectivity index (χ2v) is 5.55. The van der Waals surface area contributed by atoms with Crippen LogP contribution in [0.1, 0.15) is 33.6 Å². The number of rotatable bonds is 5. The van der Waals surface area contributed by atoms with Gasteiger partial charge in [-0.15, -0.1) is 0 Å². The number of imide groups is 1. The van der Waals surface area contributed by atoms with E-state index in [4.69, 9.17) is 0 Å². The molecule has 1 unspecified atom stereocenters. The molecule has 0 bridgehead atoms. The van der Waals surface area contributed by atoms with Gasteiger partial charge in [-0.05, 0) is 26.3 Å². The van der Waals surface area contributed by atoms with Crippen LogP contribution in [0.2, 0.25) is 0 Å². The predicted molar refractivity (Wildman–Crippen MR) is 80.0 cm³/mol. The largest absolute Gasteiger partial charge is 0.372 e. The van der Waals surface area contributed by atoms with Gasteiger partial charge in [0, 0.05) is 24.8 Å². The molecule has 2 amide bonds. The topological polar surface area (TPSA) is 71.4 Å². The number of anilines is 1. The Morgan fingerprint density at radius 2 is 2.00 bits per heavy atom. The van der Waals surface area contributed by atoms with Gasteiger partial charge in [-0.25, -0.2) is 0 Å². The zero-order chi connectivity index (χ0) is 15.6. The highest BCUT2D eigenvalue weighted by Crippen LogP contribution is 2.19. The number of amides is 2. The van der Waals surface area contributed by atoms with E-state index < -0.39 is 6.04 Å². The van der Waals surface area contributed by atoms with Crippen molar-refractivity contribution < 1.29 is 9.59 Å². The van der Waals surface area contributed by atoms with Crippen LogP contribution >= 0.6 is 0 Å². The molecule has 0 spiro atoms. The van der Waals surface area contributed by atoms with Gasteiger partial charge in [-0.2, -0.15) is 0 Å². The zero-order valence-electron chi connectivity index (χ0n) is 12.6. The molecule has 0 aromatic carbocycles. The summed E-state index contributed by atoms with van der Waals surface area (Å²) in [5.74, 6) is -0.363. The molecule has 2 rings (SSSR count). The fourth-order valence-corrected chi connectivity index (χ4v) is 2.54. The van der Waals surface area contributed by atoms with E-state index in [1.165, 1.54) is 11.0 Å². The number of nitrogens with one attached hydrogen (secondary N) is 1. The lowest BCUT2D eigenvalue weighted by atomic mass is 10.2. The van der Waals surface area contributed by atoms with Gasteiger partial charge in [-0.3, -0.25) is 19.3 Å². The highest BCUT2D eigenvalue weighted by atomic mass is 16.2. The Bertz CT molecular complexity index is 606. The second kappa shape index (κ2) is 6.11. The molecule has 1 aromatic rings. The third-order valence-electron chi connectivity index (χ3n) is 3.49. The third-order valence-corrected chi connectivity index (χ3v) is 3.49. The van der Waals surface area contributed by atoms with Gasteiger partial charge in [0.1, 0.15) is 6.04 Å². The summed E-state index contributed by atoms with van der Waals surface area (Å²) in [6, 6.07) is 2.43. The molecule has 1 aromatic heterocycles. The summed E-state index contributed by atoms with van der Waals surface area (Å²) in [6.45, 7) is 6.26. The summed E-state index contributed by atoms with van der Waals surface area (Å²) < 4.78 is 1.60. The van der Waals surface area contributed by atoms with E-state index in [-0.39, 0.29) is 29.8 Å². The Morgan fingerprint density at radius 3 is 2.57 bits per heavy atom. The number of pyridine rings is 1. The fraction of sp³-hybridized carbons (Fsp3) is 0.533. The smallest absolute Gasteiger partial charge is 0.252 e. The van der Waals surface area contributed by atoms with Crippen LogP contribution in [0.4, 0.5) is 5.69 Å². The number of nitrogens with zero attached hydrogens (tertiary/aromatic N) is 2. The van der Waals surface area contributed by atoms with Crippen LogP contribution in [0.15, 0.2) is 23.1 Å². The number of hydrogen-bond donors (Lipinski definition) is 1. The minimum Gasteiger partial charge on any atom is -0.372 e. The fourth-order valence-electron chi connectivity index (χ4n) is 2.54. The predicted octanol–water partition coefficient (Wildman–Crippen LogP) is 1.21. The van der Waals surface area contributed by atoms with Gasteiger partial charge >= 0.3 is 0 Å². The van der Waals surface area contributed by atoms with Crippen LogP contribution in [0.5, 0.6) is 0 Å². The Kier molecular flexibility index (Phi) is 4.45. The molecular formula is C15H21N3O3. The van der Waals surface area contributed by atoms with Gasteiger partial charge in [0.15, 0.2) is 0 Å². The average molecular weight is 291 g/mol. The van der Waals surface area contributed by atoms with Gasteiger partial charge < -0.3 is 9.88 Å². The summed E-state index contributed by atoms with van der Waals surface area (Å²) in [5, 5.41) is 3.06. The molecule has 0 aliphatic carbocycles. The highest BCUT2D eigenvalue weighted by Gasteiger charge is 2.39. The minimum atomic E-state index is -0.549. The molecule has 1 N–H and O–H groups in total. The van der Waals surface area contributed by atoms with E-state index in [1.54, 1.807) is 16.8 Å². The van der Waals surface area contributed by atoms with Crippen molar-refractivity contribution in [2.45, 2.75) is 52.2 Å². The summed E-state index contributed by atoms with van der Waals surface area (Å²) in [7, 11) is 0. The zero-order valence-corrected chi connectivity index (χ0v) is 12.6. The normalized spacial score (nSPS) is 18.7. The van der Waals surface area contributed by atoms with E-state index in [1.807, 2.05) is 20.8 Å². The first-order valence-electron chi connectivity index (χ1n) is 7.27. The number of aryl methyl sites for hydroxylation is 1. The lowest BCUT2D eigenvalue weighted by Gasteiger charge is -2.19. The average Bonchev–Trinajstić information content (AvgIpc) is 2.68. The maximum absolute atomic E-state index is 12.2. The maximum Gasteiger partial charge on any atom is 0.252 e. The standard InChI is InChI=1S/C15H21N3O3/c1-4-7-17-9-11(5-6-13(17)19)16-12-8-14(20)18(10(2)3)15(12)21/h5-6,9-10,12,16H,4,7-8H2,1-3H3. The molecule has 1 aliphatic rings. The van der Waals surface area contributed by atoms with E-state index in [9.17, 15) is 14.4 Å². The first-order valence-corrected chi connectivity index (χ1v) is 7.27. The molecule has 2 heterocycles. The van der Waals surface area contributed by atoms with Crippen molar-refractivity contribution in [1.29, 1.82) is 0 Å². The number of hydrogen-bond acceptors (Lipinski definition) is 4. The van der Waals surface area contributed by atoms with E-state index >= 15 is 0 Å². The maximum atomic E-state index is 12.2. The SMILES string of the molecule is CCCn1cc(NC2CC(=O)N(C(C)C)C2=O)ccc1=O. The van der Waals surface area contributed by atoms with Crippen molar-refractivity contribution in [2.24, 2.45) is 0 Å². The molecule has 0 radical (unpaired) electrons. The quantitative estimate of drug-likeness (QED) is 0.828. The van der Waals surface area contributed by atoms with Crippen LogP contribution in [0.25, 0.3) is 0 Å². The first-order chi connectivity index (χ1) is 9.93. The van der Waals surface area contributed by atoms with Crippen LogP contribution < -0.4 is 10.9 Å². The monoisotopic (exact) mass is 291 g/mol. The highest BCUT2D eigenvalue weighted by molar-refractivity contribution is 6.07. The molecule has 0 saturated carbocycles. The van der Waals surface area contributed by atoms with Gasteiger partial charge in [0.25, 0.3) is 11.5 Å². The van der Waals surface area contributed by atoms with Crippen molar-refractivity contribution >= 4 is 17.5 Å². The van der Waals surface area contributed by atoms with E-state index in [2.05, 4.69) is 5.32 Å². The Morgan fingerprint density at radius 1 is 1.29 bits per heavy atom.